The van der Waals surface area contributed by atoms with Gasteiger partial charge in [0.05, 0.1) is 0 Å². The zero-order valence-corrected chi connectivity index (χ0v) is 11.4. The molecule has 1 aromatic rings. The Hall–Kier alpha value is -1.84. The van der Waals surface area contributed by atoms with Gasteiger partial charge in [0, 0.05) is 11.7 Å². The minimum Gasteiger partial charge on any atom is -0.345 e. The van der Waals surface area contributed by atoms with E-state index in [1.165, 1.54) is 0 Å². The van der Waals surface area contributed by atoms with Crippen molar-refractivity contribution in [3.05, 3.63) is 29.8 Å². The van der Waals surface area contributed by atoms with Crippen LogP contribution in [-0.4, -0.2) is 17.9 Å². The number of anilines is 1. The molecule has 102 valence electrons. The van der Waals surface area contributed by atoms with Gasteiger partial charge in [0.25, 0.3) is 0 Å². The fourth-order valence-electron chi connectivity index (χ4n) is 2.41. The molecule has 1 aromatic carbocycles. The van der Waals surface area contributed by atoms with E-state index >= 15 is 0 Å². The van der Waals surface area contributed by atoms with Crippen LogP contribution >= 0.6 is 0 Å². The zero-order chi connectivity index (χ0) is 13.8. The SMILES string of the molecule is Cc1ccc(NC(=O)C(=O)NC2CCC(C)C2)cc1. The normalized spacial score (nSPS) is 22.0. The van der Waals surface area contributed by atoms with Gasteiger partial charge in [0.15, 0.2) is 0 Å². The van der Waals surface area contributed by atoms with E-state index in [1.54, 1.807) is 12.1 Å². The average Bonchev–Trinajstić information content (AvgIpc) is 2.77. The maximum atomic E-state index is 11.8. The summed E-state index contributed by atoms with van der Waals surface area (Å²) in [5.41, 5.74) is 1.76. The van der Waals surface area contributed by atoms with Gasteiger partial charge in [0.2, 0.25) is 0 Å². The smallest absolute Gasteiger partial charge is 0.313 e. The summed E-state index contributed by atoms with van der Waals surface area (Å²) in [6, 6.07) is 7.51. The first-order chi connectivity index (χ1) is 9.04. The van der Waals surface area contributed by atoms with Crippen molar-refractivity contribution in [2.24, 2.45) is 5.92 Å². The van der Waals surface area contributed by atoms with Gasteiger partial charge in [-0.2, -0.15) is 0 Å². The van der Waals surface area contributed by atoms with Crippen LogP contribution < -0.4 is 10.6 Å². The number of nitrogens with one attached hydrogen (secondary N) is 2. The fraction of sp³-hybridized carbons (Fsp3) is 0.467. The summed E-state index contributed by atoms with van der Waals surface area (Å²) < 4.78 is 0. The third kappa shape index (κ3) is 3.81. The molecular formula is C15H20N2O2. The van der Waals surface area contributed by atoms with Crippen molar-refractivity contribution < 1.29 is 9.59 Å². The highest BCUT2D eigenvalue weighted by atomic mass is 16.2. The van der Waals surface area contributed by atoms with E-state index in [4.69, 9.17) is 0 Å². The predicted molar refractivity (Wildman–Crippen MR) is 74.8 cm³/mol. The van der Waals surface area contributed by atoms with Gasteiger partial charge in [-0.15, -0.1) is 0 Å². The molecule has 1 saturated carbocycles. The van der Waals surface area contributed by atoms with E-state index in [2.05, 4.69) is 17.6 Å². The van der Waals surface area contributed by atoms with E-state index in [0.29, 0.717) is 11.6 Å². The number of benzene rings is 1. The number of aryl methyl sites for hydroxylation is 1. The van der Waals surface area contributed by atoms with Crippen LogP contribution in [0, 0.1) is 12.8 Å². The number of carbonyl (C=O) groups excluding carboxylic acids is 2. The molecule has 4 nitrogen and oxygen atoms in total. The van der Waals surface area contributed by atoms with Crippen molar-refractivity contribution in [1.82, 2.24) is 5.32 Å². The summed E-state index contributed by atoms with van der Waals surface area (Å²) in [4.78, 5) is 23.5. The predicted octanol–water partition coefficient (Wildman–Crippen LogP) is 2.24. The fourth-order valence-corrected chi connectivity index (χ4v) is 2.41. The average molecular weight is 260 g/mol. The third-order valence-corrected chi connectivity index (χ3v) is 3.55. The molecule has 1 aliphatic carbocycles. The second-order valence-corrected chi connectivity index (χ2v) is 5.41. The molecule has 2 amide bonds. The van der Waals surface area contributed by atoms with Crippen molar-refractivity contribution in [3.63, 3.8) is 0 Å². The van der Waals surface area contributed by atoms with Crippen LogP contribution in [0.5, 0.6) is 0 Å². The minimum absolute atomic E-state index is 0.145. The molecule has 0 aromatic heterocycles. The van der Waals surface area contributed by atoms with E-state index in [9.17, 15) is 9.59 Å². The number of hydrogen-bond donors (Lipinski definition) is 2. The van der Waals surface area contributed by atoms with Crippen molar-refractivity contribution >= 4 is 17.5 Å². The maximum absolute atomic E-state index is 11.8. The van der Waals surface area contributed by atoms with Crippen LogP contribution in [0.15, 0.2) is 24.3 Å². The third-order valence-electron chi connectivity index (χ3n) is 3.55. The van der Waals surface area contributed by atoms with E-state index < -0.39 is 11.8 Å². The van der Waals surface area contributed by atoms with Crippen LogP contribution in [0.4, 0.5) is 5.69 Å². The minimum atomic E-state index is -0.594. The molecule has 2 rings (SSSR count). The van der Waals surface area contributed by atoms with Crippen LogP contribution in [0.3, 0.4) is 0 Å². The van der Waals surface area contributed by atoms with Gasteiger partial charge in [-0.25, -0.2) is 0 Å². The Morgan fingerprint density at radius 1 is 1.11 bits per heavy atom. The first-order valence-electron chi connectivity index (χ1n) is 6.73. The number of amides is 2. The van der Waals surface area contributed by atoms with Gasteiger partial charge >= 0.3 is 11.8 Å². The number of rotatable bonds is 2. The summed E-state index contributed by atoms with van der Waals surface area (Å²) in [6.45, 7) is 4.14. The summed E-state index contributed by atoms with van der Waals surface area (Å²) in [7, 11) is 0. The lowest BCUT2D eigenvalue weighted by Crippen LogP contribution is -2.40. The molecule has 2 N–H and O–H groups in total. The van der Waals surface area contributed by atoms with Gasteiger partial charge in [-0.05, 0) is 44.2 Å². The summed E-state index contributed by atoms with van der Waals surface area (Å²) >= 11 is 0. The Kier molecular flexibility index (Phi) is 4.20. The summed E-state index contributed by atoms with van der Waals surface area (Å²) in [5, 5.41) is 5.39. The van der Waals surface area contributed by atoms with Crippen molar-refractivity contribution in [2.45, 2.75) is 39.2 Å². The molecule has 2 atom stereocenters. The highest BCUT2D eigenvalue weighted by molar-refractivity contribution is 6.39. The Morgan fingerprint density at radius 2 is 1.79 bits per heavy atom. The van der Waals surface area contributed by atoms with Crippen LogP contribution in [0.2, 0.25) is 0 Å². The standard InChI is InChI=1S/C15H20N2O2/c1-10-3-6-12(7-4-10)16-14(18)15(19)17-13-8-5-11(2)9-13/h3-4,6-7,11,13H,5,8-9H2,1-2H3,(H,16,18)(H,17,19). The second kappa shape index (κ2) is 5.87. The summed E-state index contributed by atoms with van der Waals surface area (Å²) in [6.07, 6.45) is 3.04. The summed E-state index contributed by atoms with van der Waals surface area (Å²) in [5.74, 6) is -0.506. The second-order valence-electron chi connectivity index (χ2n) is 5.41. The molecule has 0 aliphatic heterocycles. The van der Waals surface area contributed by atoms with Gasteiger partial charge in [-0.3, -0.25) is 9.59 Å². The van der Waals surface area contributed by atoms with E-state index in [1.807, 2.05) is 19.1 Å². The van der Waals surface area contributed by atoms with Crippen LogP contribution in [0.1, 0.15) is 31.7 Å². The molecular weight excluding hydrogens is 240 g/mol. The zero-order valence-electron chi connectivity index (χ0n) is 11.4. The van der Waals surface area contributed by atoms with Crippen LogP contribution in [-0.2, 0) is 9.59 Å². The monoisotopic (exact) mass is 260 g/mol. The first-order valence-corrected chi connectivity index (χ1v) is 6.73. The molecule has 0 heterocycles. The van der Waals surface area contributed by atoms with Gasteiger partial charge in [-0.1, -0.05) is 24.6 Å². The lowest BCUT2D eigenvalue weighted by Gasteiger charge is -2.12. The Labute approximate surface area is 113 Å². The highest BCUT2D eigenvalue weighted by Gasteiger charge is 2.25. The largest absolute Gasteiger partial charge is 0.345 e. The molecule has 19 heavy (non-hydrogen) atoms. The maximum Gasteiger partial charge on any atom is 0.313 e. The lowest BCUT2D eigenvalue weighted by atomic mass is 10.1. The Bertz CT molecular complexity index is 468. The Balaban J connectivity index is 1.85. The van der Waals surface area contributed by atoms with Crippen molar-refractivity contribution in [2.75, 3.05) is 5.32 Å². The van der Waals surface area contributed by atoms with E-state index in [-0.39, 0.29) is 6.04 Å². The topological polar surface area (TPSA) is 58.2 Å². The van der Waals surface area contributed by atoms with Gasteiger partial charge in [0.1, 0.15) is 0 Å². The first kappa shape index (κ1) is 13.6. The molecule has 0 bridgehead atoms. The lowest BCUT2D eigenvalue weighted by molar-refractivity contribution is -0.136. The molecule has 0 radical (unpaired) electrons. The molecule has 1 fully saturated rings. The van der Waals surface area contributed by atoms with Crippen molar-refractivity contribution in [3.8, 4) is 0 Å². The number of carbonyl (C=O) groups is 2. The quantitative estimate of drug-likeness (QED) is 0.801. The number of hydrogen-bond acceptors (Lipinski definition) is 2. The van der Waals surface area contributed by atoms with E-state index in [0.717, 1.165) is 24.8 Å². The van der Waals surface area contributed by atoms with Gasteiger partial charge < -0.3 is 10.6 Å². The van der Waals surface area contributed by atoms with Crippen LogP contribution in [0.25, 0.3) is 0 Å². The highest BCUT2D eigenvalue weighted by Crippen LogP contribution is 2.24. The molecule has 1 aliphatic rings. The molecule has 2 unspecified atom stereocenters. The Morgan fingerprint density at radius 3 is 2.37 bits per heavy atom. The molecule has 0 spiro atoms. The molecule has 0 saturated heterocycles. The molecule has 4 heteroatoms. The van der Waals surface area contributed by atoms with Crippen molar-refractivity contribution in [1.29, 1.82) is 0 Å².